The van der Waals surface area contributed by atoms with Crippen LogP contribution in [0.5, 0.6) is 0 Å². The van der Waals surface area contributed by atoms with Gasteiger partial charge in [0.2, 0.25) is 0 Å². The molecule has 88 valence electrons. The molecular formula is C13H19FN2. The third kappa shape index (κ3) is 2.73. The summed E-state index contributed by atoms with van der Waals surface area (Å²) in [6.07, 6.45) is 4.28. The number of rotatable bonds is 2. The molecular weight excluding hydrogens is 203 g/mol. The second kappa shape index (κ2) is 4.83. The molecule has 0 saturated heterocycles. The van der Waals surface area contributed by atoms with Gasteiger partial charge in [0.05, 0.1) is 0 Å². The van der Waals surface area contributed by atoms with Crippen molar-refractivity contribution in [1.82, 2.24) is 0 Å². The molecule has 0 radical (unpaired) electrons. The lowest BCUT2D eigenvalue weighted by Gasteiger charge is -2.27. The molecule has 16 heavy (non-hydrogen) atoms. The van der Waals surface area contributed by atoms with Gasteiger partial charge in [-0.05, 0) is 50.3 Å². The molecule has 0 amide bonds. The normalized spacial score (nSPS) is 25.4. The van der Waals surface area contributed by atoms with E-state index in [1.807, 2.05) is 12.1 Å². The highest BCUT2D eigenvalue weighted by Crippen LogP contribution is 2.22. The fourth-order valence-electron chi connectivity index (χ4n) is 2.18. The molecule has 1 aliphatic rings. The molecule has 0 aliphatic heterocycles. The molecule has 0 spiro atoms. The summed E-state index contributed by atoms with van der Waals surface area (Å²) in [6.45, 7) is 1.78. The van der Waals surface area contributed by atoms with Crippen molar-refractivity contribution in [2.75, 3.05) is 5.32 Å². The van der Waals surface area contributed by atoms with Crippen molar-refractivity contribution >= 4 is 5.69 Å². The topological polar surface area (TPSA) is 38.0 Å². The van der Waals surface area contributed by atoms with Gasteiger partial charge in [-0.15, -0.1) is 0 Å². The largest absolute Gasteiger partial charge is 0.382 e. The Labute approximate surface area is 96.0 Å². The Kier molecular flexibility index (Phi) is 3.44. The van der Waals surface area contributed by atoms with Gasteiger partial charge in [0.15, 0.2) is 0 Å². The molecule has 0 aromatic heterocycles. The van der Waals surface area contributed by atoms with Crippen molar-refractivity contribution in [3.8, 4) is 0 Å². The lowest BCUT2D eigenvalue weighted by Crippen LogP contribution is -2.32. The van der Waals surface area contributed by atoms with E-state index in [1.54, 1.807) is 13.0 Å². The standard InChI is InChI=1S/C13H19FN2/c1-9-2-5-12(8-13(9)14)16-11-6-3-10(15)4-7-11/h2,5,8,10-11,16H,3-4,6-7,15H2,1H3. The summed E-state index contributed by atoms with van der Waals surface area (Å²) in [6, 6.07) is 6.12. The van der Waals surface area contributed by atoms with Crippen LogP contribution in [0.3, 0.4) is 0 Å². The van der Waals surface area contributed by atoms with Gasteiger partial charge in [-0.1, -0.05) is 6.07 Å². The molecule has 1 aliphatic carbocycles. The maximum absolute atomic E-state index is 13.3. The first-order chi connectivity index (χ1) is 7.65. The number of anilines is 1. The first-order valence-corrected chi connectivity index (χ1v) is 5.93. The summed E-state index contributed by atoms with van der Waals surface area (Å²) in [7, 11) is 0. The minimum Gasteiger partial charge on any atom is -0.382 e. The van der Waals surface area contributed by atoms with Crippen LogP contribution in [-0.4, -0.2) is 12.1 Å². The third-order valence-electron chi connectivity index (χ3n) is 3.31. The van der Waals surface area contributed by atoms with E-state index in [9.17, 15) is 4.39 Å². The van der Waals surface area contributed by atoms with Gasteiger partial charge in [-0.2, -0.15) is 0 Å². The SMILES string of the molecule is Cc1ccc(NC2CCC(N)CC2)cc1F. The Morgan fingerprint density at radius 1 is 1.25 bits per heavy atom. The van der Waals surface area contributed by atoms with E-state index in [4.69, 9.17) is 5.73 Å². The van der Waals surface area contributed by atoms with Crippen LogP contribution in [0.4, 0.5) is 10.1 Å². The lowest BCUT2D eigenvalue weighted by atomic mass is 9.91. The number of halogens is 1. The molecule has 1 aromatic carbocycles. The zero-order valence-corrected chi connectivity index (χ0v) is 9.67. The van der Waals surface area contributed by atoms with Crippen LogP contribution < -0.4 is 11.1 Å². The molecule has 1 saturated carbocycles. The predicted molar refractivity (Wildman–Crippen MR) is 65.0 cm³/mol. The van der Waals surface area contributed by atoms with Crippen molar-refractivity contribution < 1.29 is 4.39 Å². The van der Waals surface area contributed by atoms with Crippen molar-refractivity contribution in [3.63, 3.8) is 0 Å². The average Bonchev–Trinajstić information content (AvgIpc) is 2.27. The maximum atomic E-state index is 13.3. The Hall–Kier alpha value is -1.09. The predicted octanol–water partition coefficient (Wildman–Crippen LogP) is 2.82. The molecule has 0 bridgehead atoms. The fraction of sp³-hybridized carbons (Fsp3) is 0.538. The zero-order valence-electron chi connectivity index (χ0n) is 9.67. The smallest absolute Gasteiger partial charge is 0.128 e. The summed E-state index contributed by atoms with van der Waals surface area (Å²) < 4.78 is 13.3. The van der Waals surface area contributed by atoms with Gasteiger partial charge < -0.3 is 11.1 Å². The molecule has 3 N–H and O–H groups in total. The van der Waals surface area contributed by atoms with Crippen molar-refractivity contribution in [1.29, 1.82) is 0 Å². The molecule has 2 rings (SSSR count). The summed E-state index contributed by atoms with van der Waals surface area (Å²) in [5, 5.41) is 3.37. The number of nitrogens with one attached hydrogen (secondary N) is 1. The van der Waals surface area contributed by atoms with Crippen molar-refractivity contribution in [2.45, 2.75) is 44.7 Å². The second-order valence-corrected chi connectivity index (χ2v) is 4.72. The molecule has 0 heterocycles. The van der Waals surface area contributed by atoms with Gasteiger partial charge >= 0.3 is 0 Å². The average molecular weight is 222 g/mol. The molecule has 2 nitrogen and oxygen atoms in total. The minimum atomic E-state index is -0.141. The summed E-state index contributed by atoms with van der Waals surface area (Å²) in [5.74, 6) is -0.141. The van der Waals surface area contributed by atoms with Crippen LogP contribution in [0.25, 0.3) is 0 Å². The van der Waals surface area contributed by atoms with Gasteiger partial charge in [0, 0.05) is 17.8 Å². The van der Waals surface area contributed by atoms with E-state index in [1.165, 1.54) is 0 Å². The Bertz CT molecular complexity index is 357. The molecule has 1 fully saturated rings. The Morgan fingerprint density at radius 3 is 2.56 bits per heavy atom. The van der Waals surface area contributed by atoms with Gasteiger partial charge in [0.1, 0.15) is 5.82 Å². The van der Waals surface area contributed by atoms with Crippen LogP contribution in [0.2, 0.25) is 0 Å². The number of hydrogen-bond donors (Lipinski definition) is 2. The van der Waals surface area contributed by atoms with Crippen LogP contribution >= 0.6 is 0 Å². The highest BCUT2D eigenvalue weighted by Gasteiger charge is 2.18. The zero-order chi connectivity index (χ0) is 11.5. The van der Waals surface area contributed by atoms with Crippen molar-refractivity contribution in [3.05, 3.63) is 29.6 Å². The minimum absolute atomic E-state index is 0.141. The van der Waals surface area contributed by atoms with E-state index >= 15 is 0 Å². The number of nitrogens with two attached hydrogens (primary N) is 1. The van der Waals surface area contributed by atoms with Gasteiger partial charge in [-0.3, -0.25) is 0 Å². The first-order valence-electron chi connectivity index (χ1n) is 5.93. The number of hydrogen-bond acceptors (Lipinski definition) is 2. The molecule has 0 unspecified atom stereocenters. The van der Waals surface area contributed by atoms with Crippen molar-refractivity contribution in [2.24, 2.45) is 5.73 Å². The third-order valence-corrected chi connectivity index (χ3v) is 3.31. The lowest BCUT2D eigenvalue weighted by molar-refractivity contribution is 0.411. The second-order valence-electron chi connectivity index (χ2n) is 4.72. The summed E-state index contributed by atoms with van der Waals surface area (Å²) >= 11 is 0. The Balaban J connectivity index is 1.96. The highest BCUT2D eigenvalue weighted by molar-refractivity contribution is 5.46. The molecule has 3 heteroatoms. The monoisotopic (exact) mass is 222 g/mol. The quantitative estimate of drug-likeness (QED) is 0.807. The maximum Gasteiger partial charge on any atom is 0.128 e. The van der Waals surface area contributed by atoms with E-state index in [2.05, 4.69) is 5.32 Å². The van der Waals surface area contributed by atoms with E-state index in [-0.39, 0.29) is 5.82 Å². The number of benzene rings is 1. The fourth-order valence-corrected chi connectivity index (χ4v) is 2.18. The van der Waals surface area contributed by atoms with Crippen LogP contribution in [-0.2, 0) is 0 Å². The van der Waals surface area contributed by atoms with Gasteiger partial charge in [0.25, 0.3) is 0 Å². The van der Waals surface area contributed by atoms with E-state index in [0.29, 0.717) is 17.6 Å². The Morgan fingerprint density at radius 2 is 1.94 bits per heavy atom. The first kappa shape index (κ1) is 11.4. The molecule has 0 atom stereocenters. The number of aryl methyl sites for hydroxylation is 1. The highest BCUT2D eigenvalue weighted by atomic mass is 19.1. The van der Waals surface area contributed by atoms with E-state index < -0.39 is 0 Å². The van der Waals surface area contributed by atoms with E-state index in [0.717, 1.165) is 31.4 Å². The summed E-state index contributed by atoms with van der Waals surface area (Å²) in [5.41, 5.74) is 7.42. The molecule has 1 aromatic rings. The van der Waals surface area contributed by atoms with Crippen LogP contribution in [0, 0.1) is 12.7 Å². The summed E-state index contributed by atoms with van der Waals surface area (Å²) in [4.78, 5) is 0. The van der Waals surface area contributed by atoms with Crippen LogP contribution in [0.1, 0.15) is 31.2 Å². The van der Waals surface area contributed by atoms with Gasteiger partial charge in [-0.25, -0.2) is 4.39 Å². The van der Waals surface area contributed by atoms with Crippen LogP contribution in [0.15, 0.2) is 18.2 Å².